The van der Waals surface area contributed by atoms with Gasteiger partial charge in [-0.05, 0) is 30.3 Å². The van der Waals surface area contributed by atoms with Crippen LogP contribution in [0.2, 0.25) is 5.02 Å². The average molecular weight is 306 g/mol. The maximum absolute atomic E-state index is 13.6. The van der Waals surface area contributed by atoms with Crippen LogP contribution in [0.3, 0.4) is 0 Å². The zero-order valence-corrected chi connectivity index (χ0v) is 11.7. The lowest BCUT2D eigenvalue weighted by atomic mass is 10.1. The van der Waals surface area contributed by atoms with Gasteiger partial charge in [0.1, 0.15) is 17.5 Å². The van der Waals surface area contributed by atoms with E-state index in [1.54, 1.807) is 19.2 Å². The zero-order valence-electron chi connectivity index (χ0n) is 11.0. The Hall–Kier alpha value is -2.27. The molecule has 0 aliphatic rings. The van der Waals surface area contributed by atoms with Gasteiger partial charge in [-0.25, -0.2) is 18.7 Å². The molecule has 0 spiro atoms. The number of rotatable bonds is 2. The number of benzene rings is 2. The summed E-state index contributed by atoms with van der Waals surface area (Å²) < 4.78 is 26.9. The van der Waals surface area contributed by atoms with Crippen LogP contribution in [0.25, 0.3) is 22.3 Å². The molecule has 0 saturated carbocycles. The second kappa shape index (κ2) is 5.26. The Morgan fingerprint density at radius 1 is 1.05 bits per heavy atom. The molecule has 0 radical (unpaired) electrons. The minimum atomic E-state index is -0.553. The van der Waals surface area contributed by atoms with E-state index in [9.17, 15) is 8.78 Å². The molecular formula is C15H10ClF2N3. The smallest absolute Gasteiger partial charge is 0.162 e. The molecular weight excluding hydrogens is 296 g/mol. The number of nitrogens with one attached hydrogen (secondary N) is 1. The van der Waals surface area contributed by atoms with E-state index in [4.69, 9.17) is 11.6 Å². The van der Waals surface area contributed by atoms with Gasteiger partial charge in [0.05, 0.1) is 10.5 Å². The lowest BCUT2D eigenvalue weighted by Crippen LogP contribution is -1.99. The summed E-state index contributed by atoms with van der Waals surface area (Å²) in [7, 11) is 1.71. The molecule has 1 aromatic heterocycles. The molecule has 0 unspecified atom stereocenters. The van der Waals surface area contributed by atoms with Gasteiger partial charge >= 0.3 is 0 Å². The molecule has 1 N–H and O–H groups in total. The maximum Gasteiger partial charge on any atom is 0.162 e. The summed E-state index contributed by atoms with van der Waals surface area (Å²) in [4.78, 5) is 8.62. The van der Waals surface area contributed by atoms with Crippen LogP contribution in [-0.4, -0.2) is 17.0 Å². The lowest BCUT2D eigenvalue weighted by Gasteiger charge is -2.08. The molecule has 2 aromatic carbocycles. The van der Waals surface area contributed by atoms with E-state index < -0.39 is 11.6 Å². The van der Waals surface area contributed by atoms with Gasteiger partial charge in [-0.2, -0.15) is 0 Å². The number of halogens is 3. The molecule has 0 amide bonds. The summed E-state index contributed by atoms with van der Waals surface area (Å²) in [5, 5.41) is 3.65. The van der Waals surface area contributed by atoms with Gasteiger partial charge in [-0.15, -0.1) is 0 Å². The molecule has 0 aliphatic carbocycles. The molecule has 3 nitrogen and oxygen atoms in total. The monoisotopic (exact) mass is 305 g/mol. The van der Waals surface area contributed by atoms with Crippen LogP contribution in [0.15, 0.2) is 36.4 Å². The highest BCUT2D eigenvalue weighted by molar-refractivity contribution is 6.30. The third-order valence-corrected chi connectivity index (χ3v) is 3.38. The second-order valence-electron chi connectivity index (χ2n) is 4.44. The first-order valence-electron chi connectivity index (χ1n) is 6.19. The molecule has 3 rings (SSSR count). The van der Waals surface area contributed by atoms with Crippen LogP contribution in [-0.2, 0) is 0 Å². The van der Waals surface area contributed by atoms with Gasteiger partial charge in [-0.1, -0.05) is 11.6 Å². The van der Waals surface area contributed by atoms with E-state index >= 15 is 0 Å². The topological polar surface area (TPSA) is 37.8 Å². The van der Waals surface area contributed by atoms with Crippen molar-refractivity contribution in [2.75, 3.05) is 12.4 Å². The maximum atomic E-state index is 13.6. The van der Waals surface area contributed by atoms with Crippen molar-refractivity contribution < 1.29 is 8.78 Å². The second-order valence-corrected chi connectivity index (χ2v) is 4.84. The predicted molar refractivity (Wildman–Crippen MR) is 79.4 cm³/mol. The summed E-state index contributed by atoms with van der Waals surface area (Å²) in [5.41, 5.74) is 0.916. The Balaban J connectivity index is 2.24. The van der Waals surface area contributed by atoms with E-state index in [-0.39, 0.29) is 5.02 Å². The first-order chi connectivity index (χ1) is 10.1. The Morgan fingerprint density at radius 3 is 2.57 bits per heavy atom. The van der Waals surface area contributed by atoms with Crippen molar-refractivity contribution >= 4 is 28.3 Å². The first-order valence-corrected chi connectivity index (χ1v) is 6.57. The van der Waals surface area contributed by atoms with Crippen LogP contribution in [0.4, 0.5) is 14.6 Å². The fourth-order valence-electron chi connectivity index (χ4n) is 2.06. The average Bonchev–Trinajstić information content (AvgIpc) is 2.48. The molecule has 0 bridgehead atoms. The number of anilines is 1. The molecule has 0 saturated heterocycles. The van der Waals surface area contributed by atoms with Crippen molar-refractivity contribution in [1.29, 1.82) is 0 Å². The highest BCUT2D eigenvalue weighted by Crippen LogP contribution is 2.27. The minimum Gasteiger partial charge on any atom is -0.373 e. The quantitative estimate of drug-likeness (QED) is 0.768. The van der Waals surface area contributed by atoms with Crippen molar-refractivity contribution in [2.45, 2.75) is 0 Å². The van der Waals surface area contributed by atoms with Crippen molar-refractivity contribution in [3.63, 3.8) is 0 Å². The summed E-state index contributed by atoms with van der Waals surface area (Å²) in [6.45, 7) is 0. The van der Waals surface area contributed by atoms with E-state index in [1.807, 2.05) is 0 Å². The van der Waals surface area contributed by atoms with Gasteiger partial charge in [0.25, 0.3) is 0 Å². The number of fused-ring (bicyclic) bond motifs is 1. The number of hydrogen-bond donors (Lipinski definition) is 1. The van der Waals surface area contributed by atoms with Gasteiger partial charge in [0.15, 0.2) is 5.82 Å². The van der Waals surface area contributed by atoms with Crippen molar-refractivity contribution in [3.8, 4) is 11.4 Å². The summed E-state index contributed by atoms with van der Waals surface area (Å²) in [6, 6.07) is 8.56. The van der Waals surface area contributed by atoms with Gasteiger partial charge in [-0.3, -0.25) is 0 Å². The molecule has 1 heterocycles. The fourth-order valence-corrected chi connectivity index (χ4v) is 2.18. The van der Waals surface area contributed by atoms with Crippen LogP contribution in [0.1, 0.15) is 0 Å². The van der Waals surface area contributed by atoms with Gasteiger partial charge < -0.3 is 5.32 Å². The standard InChI is InChI=1S/C15H10ClF2N3/c1-19-15-10-4-3-9(17)7-13(10)20-14(21-15)8-2-5-11(16)12(18)6-8/h2-7H,1H3,(H,19,20,21). The number of aromatic nitrogens is 2. The summed E-state index contributed by atoms with van der Waals surface area (Å²) >= 11 is 5.66. The third-order valence-electron chi connectivity index (χ3n) is 3.07. The van der Waals surface area contributed by atoms with Gasteiger partial charge in [0, 0.05) is 24.1 Å². The molecule has 0 fully saturated rings. The Labute approximate surface area is 124 Å². The highest BCUT2D eigenvalue weighted by Gasteiger charge is 2.11. The first kappa shape index (κ1) is 13.7. The predicted octanol–water partition coefficient (Wildman–Crippen LogP) is 4.27. The largest absolute Gasteiger partial charge is 0.373 e. The summed E-state index contributed by atoms with van der Waals surface area (Å²) in [5.74, 6) is -0.0991. The Kier molecular flexibility index (Phi) is 3.43. The van der Waals surface area contributed by atoms with Crippen molar-refractivity contribution in [1.82, 2.24) is 9.97 Å². The Bertz CT molecular complexity index is 837. The molecule has 106 valence electrons. The SMILES string of the molecule is CNc1nc(-c2ccc(Cl)c(F)c2)nc2cc(F)ccc12. The van der Waals surface area contributed by atoms with Gasteiger partial charge in [0.2, 0.25) is 0 Å². The molecule has 3 aromatic rings. The van der Waals surface area contributed by atoms with Crippen molar-refractivity contribution in [3.05, 3.63) is 53.1 Å². The minimum absolute atomic E-state index is 0.0272. The van der Waals surface area contributed by atoms with Crippen LogP contribution in [0.5, 0.6) is 0 Å². The summed E-state index contributed by atoms with van der Waals surface area (Å²) in [6.07, 6.45) is 0. The lowest BCUT2D eigenvalue weighted by molar-refractivity contribution is 0.628. The fraction of sp³-hybridized carbons (Fsp3) is 0.0667. The van der Waals surface area contributed by atoms with Crippen LogP contribution in [0, 0.1) is 11.6 Å². The molecule has 0 aliphatic heterocycles. The van der Waals surface area contributed by atoms with E-state index in [2.05, 4.69) is 15.3 Å². The van der Waals surface area contributed by atoms with Crippen molar-refractivity contribution in [2.24, 2.45) is 0 Å². The highest BCUT2D eigenvalue weighted by atomic mass is 35.5. The molecule has 0 atom stereocenters. The number of hydrogen-bond acceptors (Lipinski definition) is 3. The molecule has 21 heavy (non-hydrogen) atoms. The zero-order chi connectivity index (χ0) is 15.0. The third kappa shape index (κ3) is 2.52. The van der Waals surface area contributed by atoms with E-state index in [0.717, 1.165) is 0 Å². The van der Waals surface area contributed by atoms with E-state index in [0.29, 0.717) is 28.1 Å². The van der Waals surface area contributed by atoms with E-state index in [1.165, 1.54) is 24.3 Å². The van der Waals surface area contributed by atoms with Crippen LogP contribution >= 0.6 is 11.6 Å². The normalized spacial score (nSPS) is 10.9. The number of nitrogens with zero attached hydrogens (tertiary/aromatic N) is 2. The van der Waals surface area contributed by atoms with Crippen LogP contribution < -0.4 is 5.32 Å². The molecule has 6 heteroatoms. The Morgan fingerprint density at radius 2 is 1.86 bits per heavy atom.